The Morgan fingerprint density at radius 3 is 2.62 bits per heavy atom. The van der Waals surface area contributed by atoms with Crippen LogP contribution in [0.25, 0.3) is 0 Å². The number of hydrogen-bond acceptors (Lipinski definition) is 7. The molecule has 140 valence electrons. The molecule has 0 radical (unpaired) electrons. The van der Waals surface area contributed by atoms with Crippen LogP contribution in [-0.4, -0.2) is 43.6 Å². The predicted molar refractivity (Wildman–Crippen MR) is 98.2 cm³/mol. The smallest absolute Gasteiger partial charge is 0.360 e. The molecule has 0 bridgehead atoms. The molecule has 0 spiro atoms. The van der Waals surface area contributed by atoms with Crippen LogP contribution in [-0.2, 0) is 14.3 Å². The molecule has 0 aliphatic rings. The van der Waals surface area contributed by atoms with Crippen molar-refractivity contribution in [2.45, 2.75) is 6.10 Å². The summed E-state index contributed by atoms with van der Waals surface area (Å²) in [6, 6.07) is 6.72. The van der Waals surface area contributed by atoms with Crippen molar-refractivity contribution in [2.24, 2.45) is 0 Å². The maximum Gasteiger partial charge on any atom is 0.360 e. The number of ether oxygens (including phenoxy) is 3. The van der Waals surface area contributed by atoms with Gasteiger partial charge in [0.25, 0.3) is 5.91 Å². The third kappa shape index (κ3) is 4.85. The summed E-state index contributed by atoms with van der Waals surface area (Å²) in [5.41, 5.74) is 0.238. The van der Waals surface area contributed by atoms with Gasteiger partial charge in [-0.2, -0.15) is 4.37 Å². The van der Waals surface area contributed by atoms with E-state index in [0.29, 0.717) is 17.9 Å². The Morgan fingerprint density at radius 2 is 2.00 bits per heavy atom. The SMILES string of the molecule is COCCNC(=O)[C@H](OC(=O)c1nsc(Cl)c1Cl)c1ccccc1OC. The van der Waals surface area contributed by atoms with Gasteiger partial charge in [0.05, 0.1) is 13.7 Å². The number of halogens is 2. The van der Waals surface area contributed by atoms with E-state index in [1.54, 1.807) is 24.3 Å². The predicted octanol–water partition coefficient (Wildman–Crippen LogP) is 3.12. The molecule has 1 amide bonds. The number of rotatable bonds is 8. The van der Waals surface area contributed by atoms with Crippen molar-refractivity contribution in [3.05, 3.63) is 44.9 Å². The Labute approximate surface area is 164 Å². The normalized spacial score (nSPS) is 11.7. The van der Waals surface area contributed by atoms with Crippen molar-refractivity contribution < 1.29 is 23.8 Å². The highest BCUT2D eigenvalue weighted by Crippen LogP contribution is 2.32. The second-order valence-electron chi connectivity index (χ2n) is 4.93. The van der Waals surface area contributed by atoms with E-state index < -0.39 is 18.0 Å². The number of hydrogen-bond donors (Lipinski definition) is 1. The van der Waals surface area contributed by atoms with Crippen LogP contribution in [0.4, 0.5) is 0 Å². The van der Waals surface area contributed by atoms with Crippen molar-refractivity contribution in [1.29, 1.82) is 0 Å². The van der Waals surface area contributed by atoms with E-state index in [1.165, 1.54) is 14.2 Å². The van der Waals surface area contributed by atoms with Crippen LogP contribution in [0.2, 0.25) is 9.36 Å². The summed E-state index contributed by atoms with van der Waals surface area (Å²) in [5.74, 6) is -0.997. The fraction of sp³-hybridized carbons (Fsp3) is 0.312. The number of amides is 1. The Hall–Kier alpha value is -1.87. The highest BCUT2D eigenvalue weighted by molar-refractivity contribution is 7.11. The molecule has 2 aromatic rings. The molecule has 0 aliphatic heterocycles. The van der Waals surface area contributed by atoms with E-state index in [1.807, 2.05) is 0 Å². The average molecular weight is 419 g/mol. The van der Waals surface area contributed by atoms with Gasteiger partial charge < -0.3 is 19.5 Å². The minimum atomic E-state index is -1.26. The number of aromatic nitrogens is 1. The molecule has 26 heavy (non-hydrogen) atoms. The number of esters is 1. The van der Waals surface area contributed by atoms with Crippen LogP contribution in [0.5, 0.6) is 5.75 Å². The van der Waals surface area contributed by atoms with E-state index in [-0.39, 0.29) is 21.6 Å². The lowest BCUT2D eigenvalue weighted by atomic mass is 10.1. The molecule has 2 rings (SSSR count). The summed E-state index contributed by atoms with van der Waals surface area (Å²) in [4.78, 5) is 25.0. The number of nitrogens with zero attached hydrogens (tertiary/aromatic N) is 1. The zero-order valence-corrected chi connectivity index (χ0v) is 16.3. The molecule has 7 nitrogen and oxygen atoms in total. The minimum Gasteiger partial charge on any atom is -0.496 e. The molecule has 0 saturated heterocycles. The Morgan fingerprint density at radius 1 is 1.27 bits per heavy atom. The average Bonchev–Trinajstić information content (AvgIpc) is 2.98. The zero-order chi connectivity index (χ0) is 19.1. The van der Waals surface area contributed by atoms with E-state index in [2.05, 4.69) is 9.69 Å². The summed E-state index contributed by atoms with van der Waals surface area (Å²) >= 11 is 12.6. The highest BCUT2D eigenvalue weighted by Gasteiger charge is 2.30. The first-order chi connectivity index (χ1) is 12.5. The molecule has 0 aliphatic carbocycles. The number of methoxy groups -OCH3 is 2. The number of carbonyl (C=O) groups excluding carboxylic acids is 2. The molecule has 0 fully saturated rings. The van der Waals surface area contributed by atoms with Gasteiger partial charge in [0.1, 0.15) is 15.1 Å². The van der Waals surface area contributed by atoms with Crippen LogP contribution >= 0.6 is 34.7 Å². The molecule has 1 aromatic heterocycles. The second-order valence-corrected chi connectivity index (χ2v) is 6.68. The molecule has 1 N–H and O–H groups in total. The van der Waals surface area contributed by atoms with Crippen molar-refractivity contribution in [3.63, 3.8) is 0 Å². The van der Waals surface area contributed by atoms with Crippen molar-refractivity contribution in [3.8, 4) is 5.75 Å². The molecule has 0 saturated carbocycles. The van der Waals surface area contributed by atoms with Crippen molar-refractivity contribution in [1.82, 2.24) is 9.69 Å². The minimum absolute atomic E-state index is 0.0137. The third-order valence-corrected chi connectivity index (χ3v) is 4.89. The summed E-state index contributed by atoms with van der Waals surface area (Å²) in [6.45, 7) is 0.563. The van der Waals surface area contributed by atoms with Gasteiger partial charge in [-0.25, -0.2) is 4.79 Å². The van der Waals surface area contributed by atoms with Crippen LogP contribution in [0.1, 0.15) is 22.2 Å². The molecular weight excluding hydrogens is 403 g/mol. The lowest BCUT2D eigenvalue weighted by molar-refractivity contribution is -0.130. The molecule has 1 heterocycles. The van der Waals surface area contributed by atoms with E-state index >= 15 is 0 Å². The summed E-state index contributed by atoms with van der Waals surface area (Å²) in [7, 11) is 2.97. The topological polar surface area (TPSA) is 86.8 Å². The van der Waals surface area contributed by atoms with Crippen LogP contribution in [0.15, 0.2) is 24.3 Å². The van der Waals surface area contributed by atoms with E-state index in [0.717, 1.165) is 11.5 Å². The number of para-hydroxylation sites is 1. The summed E-state index contributed by atoms with van der Waals surface area (Å²) in [5, 5.41) is 2.62. The Balaban J connectivity index is 2.29. The van der Waals surface area contributed by atoms with Gasteiger partial charge in [-0.15, -0.1) is 0 Å². The Kier molecular flexibility index (Phi) is 7.65. The number of carbonyl (C=O) groups is 2. The van der Waals surface area contributed by atoms with Gasteiger partial charge in [-0.3, -0.25) is 4.79 Å². The van der Waals surface area contributed by atoms with Gasteiger partial charge in [0.2, 0.25) is 6.10 Å². The first-order valence-electron chi connectivity index (χ1n) is 7.40. The lowest BCUT2D eigenvalue weighted by Gasteiger charge is -2.19. The van der Waals surface area contributed by atoms with E-state index in [4.69, 9.17) is 37.4 Å². The highest BCUT2D eigenvalue weighted by atomic mass is 35.5. The molecule has 1 aromatic carbocycles. The van der Waals surface area contributed by atoms with Crippen molar-refractivity contribution >= 4 is 46.6 Å². The van der Waals surface area contributed by atoms with Crippen LogP contribution in [0, 0.1) is 0 Å². The van der Waals surface area contributed by atoms with Gasteiger partial charge in [0.15, 0.2) is 5.69 Å². The molecule has 1 atom stereocenters. The van der Waals surface area contributed by atoms with Crippen LogP contribution < -0.4 is 10.1 Å². The fourth-order valence-electron chi connectivity index (χ4n) is 2.06. The lowest BCUT2D eigenvalue weighted by Crippen LogP contribution is -2.34. The first kappa shape index (κ1) is 20.4. The van der Waals surface area contributed by atoms with Gasteiger partial charge in [0, 0.05) is 19.2 Å². The van der Waals surface area contributed by atoms with Gasteiger partial charge >= 0.3 is 5.97 Å². The van der Waals surface area contributed by atoms with Gasteiger partial charge in [-0.1, -0.05) is 41.4 Å². The zero-order valence-electron chi connectivity index (χ0n) is 14.0. The molecule has 0 unspecified atom stereocenters. The van der Waals surface area contributed by atoms with E-state index in [9.17, 15) is 9.59 Å². The second kappa shape index (κ2) is 9.72. The Bertz CT molecular complexity index is 784. The first-order valence-corrected chi connectivity index (χ1v) is 8.93. The summed E-state index contributed by atoms with van der Waals surface area (Å²) < 4.78 is 19.6. The molecule has 10 heteroatoms. The fourth-order valence-corrected chi connectivity index (χ4v) is 3.04. The largest absolute Gasteiger partial charge is 0.496 e. The maximum absolute atomic E-state index is 12.6. The van der Waals surface area contributed by atoms with Crippen molar-refractivity contribution in [2.75, 3.05) is 27.4 Å². The van der Waals surface area contributed by atoms with Crippen LogP contribution in [0.3, 0.4) is 0 Å². The monoisotopic (exact) mass is 418 g/mol. The summed E-state index contributed by atoms with van der Waals surface area (Å²) in [6.07, 6.45) is -1.26. The third-order valence-electron chi connectivity index (χ3n) is 3.28. The standard InChI is InChI=1S/C16H16Cl2N2O5S/c1-23-8-7-19-15(21)13(9-5-3-4-6-10(9)24-2)25-16(22)12-11(17)14(18)26-20-12/h3-6,13H,7-8H2,1-2H3,(H,19,21)/t13-/m1/s1. The number of benzene rings is 1. The number of nitrogens with one attached hydrogen (secondary N) is 1. The molecular formula is C16H16Cl2N2O5S. The quantitative estimate of drug-likeness (QED) is 0.523. The van der Waals surface area contributed by atoms with Gasteiger partial charge in [-0.05, 0) is 17.6 Å². The maximum atomic E-state index is 12.6.